The highest BCUT2D eigenvalue weighted by Gasteiger charge is 2.21. The molecule has 3 rings (SSSR count). The van der Waals surface area contributed by atoms with Crippen LogP contribution in [0.4, 0.5) is 0 Å². The molecule has 0 saturated heterocycles. The van der Waals surface area contributed by atoms with Crippen molar-refractivity contribution in [1.29, 1.82) is 0 Å². The second-order valence-electron chi connectivity index (χ2n) is 5.47. The molecule has 0 aliphatic rings. The number of aryl methyl sites for hydroxylation is 2. The van der Waals surface area contributed by atoms with E-state index in [1.54, 1.807) is 6.20 Å². The van der Waals surface area contributed by atoms with Crippen molar-refractivity contribution in [2.45, 2.75) is 12.8 Å². The number of nitrogens with one attached hydrogen (secondary N) is 1. The smallest absolute Gasteiger partial charge is 0.322 e. The van der Waals surface area contributed by atoms with E-state index in [0.717, 1.165) is 5.56 Å². The summed E-state index contributed by atoms with van der Waals surface area (Å²) in [5, 5.41) is 25.5. The molecule has 2 aromatic heterocycles. The number of hydrogen-bond donors (Lipinski definition) is 3. The van der Waals surface area contributed by atoms with Crippen LogP contribution in [0, 0.1) is 0 Å². The topological polar surface area (TPSA) is 117 Å². The zero-order valence-corrected chi connectivity index (χ0v) is 14.4. The normalized spacial score (nSPS) is 10.3. The zero-order valence-electron chi connectivity index (χ0n) is 13.6. The predicted octanol–water partition coefficient (Wildman–Crippen LogP) is 1.46. The van der Waals surface area contributed by atoms with Gasteiger partial charge in [-0.15, -0.1) is 12.4 Å². The highest BCUT2D eigenvalue weighted by Crippen LogP contribution is 2.27. The minimum absolute atomic E-state index is 0. The van der Waals surface area contributed by atoms with E-state index in [0.29, 0.717) is 18.4 Å². The van der Waals surface area contributed by atoms with Crippen molar-refractivity contribution in [2.24, 2.45) is 0 Å². The van der Waals surface area contributed by atoms with E-state index in [1.807, 2.05) is 30.3 Å². The fourth-order valence-corrected chi connectivity index (χ4v) is 2.56. The first kappa shape index (κ1) is 19.2. The van der Waals surface area contributed by atoms with E-state index in [-0.39, 0.29) is 29.4 Å². The Morgan fingerprint density at radius 1 is 1.15 bits per heavy atom. The van der Waals surface area contributed by atoms with Crippen molar-refractivity contribution in [3.05, 3.63) is 59.5 Å². The van der Waals surface area contributed by atoms with Gasteiger partial charge in [0.25, 0.3) is 5.91 Å². The third-order valence-electron chi connectivity index (χ3n) is 3.77. The zero-order chi connectivity index (χ0) is 17.8. The minimum atomic E-state index is -1.18. The van der Waals surface area contributed by atoms with Crippen LogP contribution in [0.3, 0.4) is 0 Å². The number of carboxylic acid groups (broad SMARTS) is 1. The van der Waals surface area contributed by atoms with Crippen LogP contribution in [0.25, 0.3) is 5.65 Å². The minimum Gasteiger partial charge on any atom is -0.507 e. The molecule has 0 aliphatic heterocycles. The summed E-state index contributed by atoms with van der Waals surface area (Å²) in [4.78, 5) is 26.9. The molecule has 0 radical (unpaired) electrons. The molecular formula is C17H17ClN4O4. The molecule has 1 amide bonds. The molecule has 136 valence electrons. The first-order valence-electron chi connectivity index (χ1n) is 7.64. The number of carbonyl (C=O) groups is 2. The largest absolute Gasteiger partial charge is 0.507 e. The fourth-order valence-electron chi connectivity index (χ4n) is 2.56. The lowest BCUT2D eigenvalue weighted by atomic mass is 10.0. The first-order chi connectivity index (χ1) is 12.1. The van der Waals surface area contributed by atoms with Gasteiger partial charge in [-0.3, -0.25) is 9.59 Å². The van der Waals surface area contributed by atoms with E-state index in [1.165, 1.54) is 10.8 Å². The molecular weight excluding hydrogens is 360 g/mol. The molecule has 8 nitrogen and oxygen atoms in total. The number of aliphatic carboxylic acids is 1. The molecule has 0 fully saturated rings. The van der Waals surface area contributed by atoms with E-state index in [2.05, 4.69) is 15.4 Å². The quantitative estimate of drug-likeness (QED) is 0.599. The number of carbonyl (C=O) groups excluding carboxylic acids is 1. The van der Waals surface area contributed by atoms with Crippen LogP contribution in [0.15, 0.2) is 42.9 Å². The summed E-state index contributed by atoms with van der Waals surface area (Å²) in [6.45, 7) is -0.549. The van der Waals surface area contributed by atoms with Gasteiger partial charge in [0.15, 0.2) is 5.65 Å². The van der Waals surface area contributed by atoms with Crippen LogP contribution < -0.4 is 5.32 Å². The number of halogens is 1. The van der Waals surface area contributed by atoms with Crippen LogP contribution in [0.5, 0.6) is 5.75 Å². The molecule has 26 heavy (non-hydrogen) atoms. The van der Waals surface area contributed by atoms with Gasteiger partial charge in [0.2, 0.25) is 0 Å². The van der Waals surface area contributed by atoms with Gasteiger partial charge in [-0.25, -0.2) is 9.50 Å². The van der Waals surface area contributed by atoms with Crippen LogP contribution in [-0.4, -0.2) is 43.2 Å². The van der Waals surface area contributed by atoms with Crippen molar-refractivity contribution in [3.63, 3.8) is 0 Å². The molecule has 0 aliphatic carbocycles. The molecule has 3 aromatic rings. The van der Waals surface area contributed by atoms with Crippen LogP contribution in [0.1, 0.15) is 21.5 Å². The number of aromatic hydroxyl groups is 1. The molecule has 1 aromatic carbocycles. The number of fused-ring (bicyclic) bond motifs is 1. The van der Waals surface area contributed by atoms with Gasteiger partial charge in [0.05, 0.1) is 0 Å². The number of nitrogens with zero attached hydrogens (tertiary/aromatic N) is 3. The predicted molar refractivity (Wildman–Crippen MR) is 95.7 cm³/mol. The lowest BCUT2D eigenvalue weighted by molar-refractivity contribution is -0.135. The summed E-state index contributed by atoms with van der Waals surface area (Å²) in [7, 11) is 0. The van der Waals surface area contributed by atoms with Crippen molar-refractivity contribution in [2.75, 3.05) is 6.54 Å². The van der Waals surface area contributed by atoms with Crippen molar-refractivity contribution < 1.29 is 19.8 Å². The number of rotatable bonds is 6. The number of hydrogen-bond acceptors (Lipinski definition) is 5. The summed E-state index contributed by atoms with van der Waals surface area (Å²) >= 11 is 0. The summed E-state index contributed by atoms with van der Waals surface area (Å²) < 4.78 is 1.40. The Balaban J connectivity index is 0.00000243. The second kappa shape index (κ2) is 8.30. The van der Waals surface area contributed by atoms with Gasteiger partial charge in [-0.05, 0) is 18.4 Å². The van der Waals surface area contributed by atoms with Crippen LogP contribution in [0.2, 0.25) is 0 Å². The number of benzene rings is 1. The molecule has 2 heterocycles. The van der Waals surface area contributed by atoms with E-state index >= 15 is 0 Å². The maximum absolute atomic E-state index is 12.3. The van der Waals surface area contributed by atoms with Gasteiger partial charge in [-0.2, -0.15) is 5.10 Å². The van der Waals surface area contributed by atoms with E-state index in [4.69, 9.17) is 5.11 Å². The highest BCUT2D eigenvalue weighted by molar-refractivity contribution is 6.03. The van der Waals surface area contributed by atoms with Gasteiger partial charge >= 0.3 is 5.97 Å². The van der Waals surface area contributed by atoms with Crippen LogP contribution >= 0.6 is 12.4 Å². The number of amides is 1. The van der Waals surface area contributed by atoms with E-state index < -0.39 is 18.4 Å². The van der Waals surface area contributed by atoms with Crippen molar-refractivity contribution >= 4 is 29.9 Å². The van der Waals surface area contributed by atoms with Crippen LogP contribution in [-0.2, 0) is 17.6 Å². The maximum atomic E-state index is 12.3. The Bertz CT molecular complexity index is 927. The van der Waals surface area contributed by atoms with E-state index in [9.17, 15) is 14.7 Å². The summed E-state index contributed by atoms with van der Waals surface area (Å²) in [5.74, 6) is -2.09. The third-order valence-corrected chi connectivity index (χ3v) is 3.77. The number of carboxylic acids is 1. The molecule has 0 bridgehead atoms. The summed E-state index contributed by atoms with van der Waals surface area (Å²) in [6, 6.07) is 9.74. The number of aromatic nitrogens is 3. The monoisotopic (exact) mass is 376 g/mol. The molecule has 3 N–H and O–H groups in total. The molecule has 0 unspecified atom stereocenters. The van der Waals surface area contributed by atoms with Gasteiger partial charge < -0.3 is 15.5 Å². The maximum Gasteiger partial charge on any atom is 0.322 e. The Labute approximate surface area is 154 Å². The molecule has 0 saturated carbocycles. The van der Waals surface area contributed by atoms with Gasteiger partial charge in [-0.1, -0.05) is 30.3 Å². The Morgan fingerprint density at radius 2 is 1.88 bits per heavy atom. The van der Waals surface area contributed by atoms with Crippen molar-refractivity contribution in [3.8, 4) is 5.75 Å². The summed E-state index contributed by atoms with van der Waals surface area (Å²) in [5.41, 5.74) is 1.72. The summed E-state index contributed by atoms with van der Waals surface area (Å²) in [6.07, 6.45) is 4.05. The standard InChI is InChI=1S/C17H16N4O4.ClH/c22-13(23)8-18-17(25)14-15(24)12(9-21-16(14)19-10-20-21)7-6-11-4-2-1-3-5-11;/h1-5,9-10,24H,6-8H2,(H,18,25)(H,22,23);1H. The molecule has 9 heteroatoms. The fraction of sp³-hybridized carbons (Fsp3) is 0.176. The van der Waals surface area contributed by atoms with Gasteiger partial charge in [0, 0.05) is 11.8 Å². The van der Waals surface area contributed by atoms with Gasteiger partial charge in [0.1, 0.15) is 24.2 Å². The first-order valence-corrected chi connectivity index (χ1v) is 7.64. The Hall–Kier alpha value is -3.13. The highest BCUT2D eigenvalue weighted by atomic mass is 35.5. The molecule has 0 atom stereocenters. The lowest BCUT2D eigenvalue weighted by Gasteiger charge is -2.11. The lowest BCUT2D eigenvalue weighted by Crippen LogP contribution is -2.30. The average molecular weight is 377 g/mol. The second-order valence-corrected chi connectivity index (χ2v) is 5.47. The number of pyridine rings is 1. The average Bonchev–Trinajstić information content (AvgIpc) is 3.06. The molecule has 0 spiro atoms. The Kier molecular flexibility index (Phi) is 6.13. The van der Waals surface area contributed by atoms with Crippen molar-refractivity contribution in [1.82, 2.24) is 19.9 Å². The Morgan fingerprint density at radius 3 is 2.58 bits per heavy atom. The third kappa shape index (κ3) is 4.09. The SMILES string of the molecule is Cl.O=C(O)CNC(=O)c1c(O)c(CCc2ccccc2)cn2ncnc12.